The van der Waals surface area contributed by atoms with Gasteiger partial charge in [0.15, 0.2) is 5.82 Å². The predicted octanol–water partition coefficient (Wildman–Crippen LogP) is 1.65. The van der Waals surface area contributed by atoms with E-state index in [-0.39, 0.29) is 18.2 Å². The molecule has 0 bridgehead atoms. The largest absolute Gasteiger partial charge is 0.368 e. The Kier molecular flexibility index (Phi) is 7.27. The first-order valence-corrected chi connectivity index (χ1v) is 12.0. The van der Waals surface area contributed by atoms with Crippen molar-refractivity contribution in [3.8, 4) is 0 Å². The van der Waals surface area contributed by atoms with Crippen LogP contribution in [0.3, 0.4) is 0 Å². The van der Waals surface area contributed by atoms with Crippen LogP contribution in [-0.2, 0) is 14.4 Å². The second-order valence-corrected chi connectivity index (χ2v) is 9.75. The molecule has 1 aliphatic heterocycles. The van der Waals surface area contributed by atoms with E-state index in [1.807, 2.05) is 0 Å². The van der Waals surface area contributed by atoms with Gasteiger partial charge in [-0.2, -0.15) is 0 Å². The van der Waals surface area contributed by atoms with Crippen molar-refractivity contribution in [1.29, 1.82) is 0 Å². The van der Waals surface area contributed by atoms with Gasteiger partial charge in [0.1, 0.15) is 17.6 Å². The highest BCUT2D eigenvalue weighted by Crippen LogP contribution is 2.34. The molecule has 1 saturated heterocycles. The van der Waals surface area contributed by atoms with Gasteiger partial charge in [0, 0.05) is 17.5 Å². The molecule has 2 aliphatic rings. The normalized spacial score (nSPS) is 19.8. The SMILES string of the molecule is NC(=O)[C@H](C[C@@H]1CCCNC1=O)NC(=O)[C@H](CC1CC1)NC(=O)c1nc2c(Cl)cc(Cl)cc2[nH]1. The summed E-state index contributed by atoms with van der Waals surface area (Å²) in [6.07, 6.45) is 3.86. The number of hydrogen-bond donors (Lipinski definition) is 5. The van der Waals surface area contributed by atoms with Crippen molar-refractivity contribution < 1.29 is 19.2 Å². The maximum Gasteiger partial charge on any atom is 0.287 e. The topological polar surface area (TPSA) is 159 Å². The lowest BCUT2D eigenvalue weighted by Gasteiger charge is -2.26. The molecule has 4 rings (SSSR count). The summed E-state index contributed by atoms with van der Waals surface area (Å²) in [5.74, 6) is -2.13. The molecule has 2 aromatic rings. The highest BCUT2D eigenvalue weighted by molar-refractivity contribution is 6.38. The molecule has 12 heteroatoms. The summed E-state index contributed by atoms with van der Waals surface area (Å²) >= 11 is 12.2. The van der Waals surface area contributed by atoms with E-state index < -0.39 is 35.7 Å². The number of piperidine rings is 1. The number of hydrogen-bond acceptors (Lipinski definition) is 5. The first-order valence-electron chi connectivity index (χ1n) is 11.2. The van der Waals surface area contributed by atoms with E-state index in [0.717, 1.165) is 19.3 Å². The van der Waals surface area contributed by atoms with E-state index >= 15 is 0 Å². The number of H-pyrrole nitrogens is 1. The molecule has 182 valence electrons. The number of benzene rings is 1. The standard InChI is InChI=1S/C22H26Cl2N6O4/c23-12-8-13(24)17-14(9-12)27-19(30-17)22(34)29-16(6-10-3-4-10)21(33)28-15(18(25)31)7-11-2-1-5-26-20(11)32/h8-11,15-16H,1-7H2,(H2,25,31)(H,26,32)(H,27,30)(H,28,33)(H,29,34)/t11-,15-,16-/m0/s1. The number of carbonyl (C=O) groups is 4. The first-order chi connectivity index (χ1) is 16.2. The minimum absolute atomic E-state index is 0.0157. The fourth-order valence-electron chi connectivity index (χ4n) is 4.16. The Hall–Kier alpha value is -2.85. The fraction of sp³-hybridized carbons (Fsp3) is 0.500. The van der Waals surface area contributed by atoms with Crippen LogP contribution in [0.2, 0.25) is 10.0 Å². The van der Waals surface area contributed by atoms with Crippen LogP contribution in [0.15, 0.2) is 12.1 Å². The Morgan fingerprint density at radius 3 is 2.56 bits per heavy atom. The smallest absolute Gasteiger partial charge is 0.287 e. The van der Waals surface area contributed by atoms with Gasteiger partial charge in [0.2, 0.25) is 17.7 Å². The Morgan fingerprint density at radius 1 is 1.12 bits per heavy atom. The van der Waals surface area contributed by atoms with Crippen molar-refractivity contribution in [3.63, 3.8) is 0 Å². The average Bonchev–Trinajstić information content (AvgIpc) is 3.49. The van der Waals surface area contributed by atoms with E-state index in [9.17, 15) is 19.2 Å². The average molecular weight is 509 g/mol. The van der Waals surface area contributed by atoms with Crippen molar-refractivity contribution in [2.75, 3.05) is 6.54 Å². The Bertz CT molecular complexity index is 1130. The van der Waals surface area contributed by atoms with Crippen LogP contribution in [0.4, 0.5) is 0 Å². The highest BCUT2D eigenvalue weighted by atomic mass is 35.5. The lowest BCUT2D eigenvalue weighted by atomic mass is 9.91. The minimum atomic E-state index is -1.02. The minimum Gasteiger partial charge on any atom is -0.368 e. The molecule has 1 saturated carbocycles. The number of amides is 4. The number of nitrogens with zero attached hydrogens (tertiary/aromatic N) is 1. The number of imidazole rings is 1. The Labute approximate surface area is 205 Å². The molecule has 1 aromatic heterocycles. The number of halogens is 2. The molecule has 0 spiro atoms. The molecule has 10 nitrogen and oxygen atoms in total. The molecule has 1 aromatic carbocycles. The van der Waals surface area contributed by atoms with Gasteiger partial charge in [-0.05, 0) is 43.7 Å². The number of nitrogens with one attached hydrogen (secondary N) is 4. The molecule has 2 fully saturated rings. The van der Waals surface area contributed by atoms with E-state index in [1.54, 1.807) is 6.07 Å². The van der Waals surface area contributed by atoms with Crippen LogP contribution < -0.4 is 21.7 Å². The molecule has 6 N–H and O–H groups in total. The molecule has 2 heterocycles. The van der Waals surface area contributed by atoms with Gasteiger partial charge in [-0.15, -0.1) is 0 Å². The van der Waals surface area contributed by atoms with E-state index in [0.29, 0.717) is 46.4 Å². The number of fused-ring (bicyclic) bond motifs is 1. The molecule has 0 radical (unpaired) electrons. The van der Waals surface area contributed by atoms with Gasteiger partial charge in [-0.1, -0.05) is 36.0 Å². The lowest BCUT2D eigenvalue weighted by molar-refractivity contribution is -0.131. The van der Waals surface area contributed by atoms with Crippen molar-refractivity contribution in [3.05, 3.63) is 28.0 Å². The zero-order valence-corrected chi connectivity index (χ0v) is 19.8. The second-order valence-electron chi connectivity index (χ2n) is 8.90. The number of primary amides is 1. The van der Waals surface area contributed by atoms with Gasteiger partial charge >= 0.3 is 0 Å². The third kappa shape index (κ3) is 5.79. The lowest BCUT2D eigenvalue weighted by Crippen LogP contribution is -2.54. The third-order valence-electron chi connectivity index (χ3n) is 6.19. The summed E-state index contributed by atoms with van der Waals surface area (Å²) in [4.78, 5) is 57.2. The van der Waals surface area contributed by atoms with Crippen LogP contribution in [0.25, 0.3) is 11.0 Å². The number of nitrogens with two attached hydrogens (primary N) is 1. The van der Waals surface area contributed by atoms with E-state index in [2.05, 4.69) is 25.9 Å². The summed E-state index contributed by atoms with van der Waals surface area (Å²) in [7, 11) is 0. The number of carbonyl (C=O) groups excluding carboxylic acids is 4. The van der Waals surface area contributed by atoms with Gasteiger partial charge in [0.25, 0.3) is 5.91 Å². The van der Waals surface area contributed by atoms with Crippen LogP contribution in [0, 0.1) is 11.8 Å². The molecule has 4 amide bonds. The number of rotatable bonds is 9. The van der Waals surface area contributed by atoms with Gasteiger partial charge in [-0.25, -0.2) is 4.98 Å². The van der Waals surface area contributed by atoms with Crippen LogP contribution in [-0.4, -0.2) is 52.2 Å². The maximum atomic E-state index is 13.1. The Morgan fingerprint density at radius 2 is 1.88 bits per heavy atom. The van der Waals surface area contributed by atoms with Crippen molar-refractivity contribution in [2.45, 2.75) is 50.6 Å². The summed E-state index contributed by atoms with van der Waals surface area (Å²) in [5.41, 5.74) is 6.39. The summed E-state index contributed by atoms with van der Waals surface area (Å²) in [6.45, 7) is 0.595. The molecule has 0 unspecified atom stereocenters. The predicted molar refractivity (Wildman–Crippen MR) is 126 cm³/mol. The fourth-order valence-corrected chi connectivity index (χ4v) is 4.69. The zero-order chi connectivity index (χ0) is 24.4. The molecular weight excluding hydrogens is 483 g/mol. The van der Waals surface area contributed by atoms with Crippen molar-refractivity contribution >= 4 is 57.9 Å². The molecule has 1 aliphatic carbocycles. The third-order valence-corrected chi connectivity index (χ3v) is 6.69. The summed E-state index contributed by atoms with van der Waals surface area (Å²) in [5, 5.41) is 8.79. The van der Waals surface area contributed by atoms with Crippen LogP contribution >= 0.6 is 23.2 Å². The van der Waals surface area contributed by atoms with Gasteiger partial charge in [-0.3, -0.25) is 19.2 Å². The van der Waals surface area contributed by atoms with Crippen molar-refractivity contribution in [2.24, 2.45) is 17.6 Å². The highest BCUT2D eigenvalue weighted by Gasteiger charge is 2.34. The monoisotopic (exact) mass is 508 g/mol. The molecule has 34 heavy (non-hydrogen) atoms. The first kappa shape index (κ1) is 24.3. The number of aromatic amines is 1. The maximum absolute atomic E-state index is 13.1. The van der Waals surface area contributed by atoms with Crippen LogP contribution in [0.5, 0.6) is 0 Å². The second kappa shape index (κ2) is 10.2. The molecular formula is C22H26Cl2N6O4. The van der Waals surface area contributed by atoms with E-state index in [4.69, 9.17) is 28.9 Å². The number of aromatic nitrogens is 2. The van der Waals surface area contributed by atoms with Crippen molar-refractivity contribution in [1.82, 2.24) is 25.9 Å². The zero-order valence-electron chi connectivity index (χ0n) is 18.3. The van der Waals surface area contributed by atoms with Gasteiger partial charge in [0.05, 0.1) is 10.5 Å². The summed E-state index contributed by atoms with van der Waals surface area (Å²) < 4.78 is 0. The quantitative estimate of drug-likeness (QED) is 0.347. The van der Waals surface area contributed by atoms with E-state index in [1.165, 1.54) is 6.07 Å². The van der Waals surface area contributed by atoms with Crippen LogP contribution in [0.1, 0.15) is 49.1 Å². The van der Waals surface area contributed by atoms with Gasteiger partial charge < -0.3 is 26.7 Å². The summed E-state index contributed by atoms with van der Waals surface area (Å²) in [6, 6.07) is 1.20. The Balaban J connectivity index is 1.46. The molecule has 3 atom stereocenters.